The minimum atomic E-state index is -0.340. The van der Waals surface area contributed by atoms with E-state index in [-0.39, 0.29) is 48.7 Å². The topological polar surface area (TPSA) is 61.2 Å². The summed E-state index contributed by atoms with van der Waals surface area (Å²) in [4.78, 5) is 0. The Kier molecular flexibility index (Phi) is 29.7. The first-order chi connectivity index (χ1) is 69.2. The number of nitrogens with zero attached hydrogens (tertiary/aromatic N) is 5. The van der Waals surface area contributed by atoms with Crippen LogP contribution in [-0.2, 0) is 54.1 Å². The highest BCUT2D eigenvalue weighted by Crippen LogP contribution is 2.63. The zero-order valence-corrected chi connectivity index (χ0v) is 92.7. The molecule has 10 nitrogen and oxygen atoms in total. The molecule has 9 aliphatic rings. The molecule has 0 saturated heterocycles. The molecule has 0 aromatic heterocycles. The van der Waals surface area contributed by atoms with Gasteiger partial charge < -0.3 is 23.7 Å². The molecule has 0 atom stereocenters. The summed E-state index contributed by atoms with van der Waals surface area (Å²) in [5, 5.41) is 0. The van der Waals surface area contributed by atoms with Gasteiger partial charge in [0.15, 0.2) is 31.1 Å². The van der Waals surface area contributed by atoms with Gasteiger partial charge in [-0.25, -0.2) is 0 Å². The van der Waals surface area contributed by atoms with Crippen molar-refractivity contribution in [1.29, 1.82) is 0 Å². The molecule has 4 saturated carbocycles. The Morgan fingerprint density at radius 2 is 0.548 bits per heavy atom. The fourth-order valence-electron chi connectivity index (χ4n) is 24.0. The molecule has 4 fully saturated rings. The Bertz CT molecular complexity index is 7050. The smallest absolute Gasteiger partial charge is 0.292 e. The van der Waals surface area contributed by atoms with Crippen LogP contribution < -0.4 is 23.7 Å². The van der Waals surface area contributed by atoms with Crippen LogP contribution in [0, 0.1) is 38.5 Å². The number of para-hydroxylation sites is 7. The molecule has 13 aromatic rings. The van der Waals surface area contributed by atoms with E-state index in [0.717, 1.165) is 70.3 Å². The van der Waals surface area contributed by atoms with E-state index < -0.39 is 0 Å². The summed E-state index contributed by atoms with van der Waals surface area (Å²) < 4.78 is 43.4. The van der Waals surface area contributed by atoms with Crippen molar-refractivity contribution in [2.45, 2.75) is 292 Å². The third-order valence-electron chi connectivity index (χ3n) is 32.5. The van der Waals surface area contributed by atoms with Gasteiger partial charge in [-0.1, -0.05) is 384 Å². The van der Waals surface area contributed by atoms with E-state index in [4.69, 9.17) is 23.7 Å². The van der Waals surface area contributed by atoms with E-state index >= 15 is 0 Å². The average molecular weight is 1950 g/mol. The number of ether oxygens (including phenoxy) is 5. The molecule has 13 aromatic carbocycles. The molecule has 4 bridgehead atoms. The van der Waals surface area contributed by atoms with Crippen LogP contribution in [0.5, 0.6) is 28.7 Å². The van der Waals surface area contributed by atoms with Crippen LogP contribution in [0.3, 0.4) is 0 Å². The summed E-state index contributed by atoms with van der Waals surface area (Å²) in [5.74, 6) is 8.04. The van der Waals surface area contributed by atoms with E-state index in [1.54, 1.807) is 0 Å². The Morgan fingerprint density at radius 1 is 0.253 bits per heavy atom. The monoisotopic (exact) mass is 1950 g/mol. The molecular formula is C136H162N5O5+5. The van der Waals surface area contributed by atoms with E-state index in [1.165, 1.54) is 173 Å². The van der Waals surface area contributed by atoms with Gasteiger partial charge in [-0.05, 0) is 209 Å². The van der Waals surface area contributed by atoms with Crippen molar-refractivity contribution < 1.29 is 46.6 Å². The molecule has 756 valence electrons. The molecule has 146 heavy (non-hydrogen) atoms. The van der Waals surface area contributed by atoms with Crippen molar-refractivity contribution in [3.63, 3.8) is 0 Å². The van der Waals surface area contributed by atoms with Crippen LogP contribution in [-0.4, -0.2) is 87.6 Å². The van der Waals surface area contributed by atoms with Gasteiger partial charge in [-0.15, -0.1) is 0 Å². The van der Waals surface area contributed by atoms with Crippen LogP contribution in [0.2, 0.25) is 0 Å². The lowest BCUT2D eigenvalue weighted by molar-refractivity contribution is -0.477. The summed E-state index contributed by atoms with van der Waals surface area (Å²) in [5.41, 5.74) is 33.4. The predicted molar refractivity (Wildman–Crippen MR) is 609 cm³/mol. The summed E-state index contributed by atoms with van der Waals surface area (Å²) >= 11 is 0. The van der Waals surface area contributed by atoms with Crippen LogP contribution in [0.1, 0.15) is 334 Å². The number of fused-ring (bicyclic) bond motifs is 5. The van der Waals surface area contributed by atoms with Gasteiger partial charge in [0.05, 0.1) is 27.8 Å². The first kappa shape index (κ1) is 105. The summed E-state index contributed by atoms with van der Waals surface area (Å²) in [6, 6.07) is 102. The van der Waals surface area contributed by atoms with Gasteiger partial charge in [0.25, 0.3) is 33.7 Å². The van der Waals surface area contributed by atoms with Gasteiger partial charge in [-0.3, -0.25) is 0 Å². The Hall–Kier alpha value is -12.8. The Balaban J connectivity index is 0.000000126. The van der Waals surface area contributed by atoms with Crippen molar-refractivity contribution in [2.24, 2.45) is 17.8 Å². The van der Waals surface area contributed by atoms with Crippen molar-refractivity contribution in [2.75, 3.05) is 33.7 Å². The first-order valence-corrected chi connectivity index (χ1v) is 53.8. The SMILES string of the molecule is CC(C)(C)c1ccccc1[N+]1=Cc2cccc(C(C)(c3ccccc3)c3ccccc3)c2OC1.CCC(C)(C)c1cc2c(c(C(C)(C)CC)c1)OC[N+](c1ccccc1C(C)(C)C)=C2.Cc1cc2c(c(C(C)(C)c3ccccc3)c1)OC[N+](c1ccccc1C(C)(C)C)=C2.Cc1cc2c(c(C34CC5CC(CC(C5)C3)C4)c1)OC[N+](c1ccccc1C(C)(C)C)=C2.Cc1cccc2c1OC[N+](c1ccccc1C(C)(C)C)=C2. The molecule has 4 aliphatic carbocycles. The zero-order valence-electron chi connectivity index (χ0n) is 92.7. The molecule has 5 aliphatic heterocycles. The van der Waals surface area contributed by atoms with Crippen LogP contribution in [0.15, 0.2) is 285 Å². The minimum Gasteiger partial charge on any atom is -0.435 e. The maximum Gasteiger partial charge on any atom is 0.292 e. The molecule has 0 unspecified atom stereocenters. The van der Waals surface area contributed by atoms with Gasteiger partial charge in [-0.2, -0.15) is 22.9 Å². The Morgan fingerprint density at radius 3 is 0.925 bits per heavy atom. The van der Waals surface area contributed by atoms with Gasteiger partial charge >= 0.3 is 0 Å². The van der Waals surface area contributed by atoms with Crippen LogP contribution in [0.4, 0.5) is 28.4 Å². The first-order valence-electron chi connectivity index (χ1n) is 53.8. The molecular weight excluding hydrogens is 1780 g/mol. The molecule has 5 heterocycles. The summed E-state index contributed by atoms with van der Waals surface area (Å²) in [6.07, 6.45) is 22.1. The number of hydrogen-bond acceptors (Lipinski definition) is 5. The van der Waals surface area contributed by atoms with Gasteiger partial charge in [0.2, 0.25) is 28.4 Å². The lowest BCUT2D eigenvalue weighted by atomic mass is 9.48. The Labute approximate surface area is 874 Å². The lowest BCUT2D eigenvalue weighted by Crippen LogP contribution is -2.49. The van der Waals surface area contributed by atoms with E-state index in [1.807, 2.05) is 0 Å². The zero-order chi connectivity index (χ0) is 104. The maximum atomic E-state index is 6.63. The lowest BCUT2D eigenvalue weighted by Gasteiger charge is -2.57. The van der Waals surface area contributed by atoms with Crippen LogP contribution >= 0.6 is 0 Å². The maximum absolute atomic E-state index is 6.63. The average Bonchev–Trinajstić information content (AvgIpc) is 0.709. The van der Waals surface area contributed by atoms with E-state index in [9.17, 15) is 0 Å². The number of aryl methyl sites for hydroxylation is 3. The largest absolute Gasteiger partial charge is 0.435 e. The minimum absolute atomic E-state index is 0.0474. The van der Waals surface area contributed by atoms with Crippen LogP contribution in [0.25, 0.3) is 0 Å². The second kappa shape index (κ2) is 41.5. The highest BCUT2D eigenvalue weighted by atomic mass is 16.5. The molecule has 10 heteroatoms. The molecule has 0 spiro atoms. The number of benzene rings is 13. The number of hydrogen-bond donors (Lipinski definition) is 0. The predicted octanol–water partition coefficient (Wildman–Crippen LogP) is 32.9. The summed E-state index contributed by atoms with van der Waals surface area (Å²) in [6.45, 7) is 63.9. The highest BCUT2D eigenvalue weighted by Gasteiger charge is 2.54. The third-order valence-corrected chi connectivity index (χ3v) is 32.5. The van der Waals surface area contributed by atoms with Gasteiger partial charge in [0, 0.05) is 91.2 Å². The van der Waals surface area contributed by atoms with Gasteiger partial charge in [0.1, 0.15) is 28.7 Å². The second-order valence-electron chi connectivity index (χ2n) is 49.8. The van der Waals surface area contributed by atoms with Crippen molar-refractivity contribution in [1.82, 2.24) is 0 Å². The van der Waals surface area contributed by atoms with Crippen molar-refractivity contribution >= 4 is 59.5 Å². The van der Waals surface area contributed by atoms with Crippen molar-refractivity contribution in [3.8, 4) is 28.7 Å². The molecule has 0 N–H and O–H groups in total. The fourth-order valence-corrected chi connectivity index (χ4v) is 24.0. The molecule has 22 rings (SSSR count). The second-order valence-corrected chi connectivity index (χ2v) is 49.8. The normalized spacial score (nSPS) is 17.7. The standard InChI is InChI=1S/C32H32NO.C29H36NO.C28H32NO.C28H40NO.C19H22NO/c1-31(2,3)27-19-11-12-21-29(27)33-22-24-14-13-20-28(30(24)34-23-33)32(4,25-15-7-5-8-16-25)26-17-9-6-10-18-26;1-19-9-23-17-30(26-8-6-5-7-24(26)28(2,3)4)18-31-27(23)25(10-19)29-14-20-11-21(15-29)13-22(12-20)16-29;1-20-16-21-18-29(25-15-11-10-14-23(25)27(2,3)4)19-30-26(21)24(17-20)28(5,6)22-12-8-7-9-13-22;1-10-27(6,7)21-16-20-18-29(24-15-13-12-14-22(24)26(3,4)5)19-30-25(20)23(17-21)28(8,9)11-2;1-14-8-7-9-15-12-20(13-21-18(14)15)17-11-6-5-10-16(17)19(2,3)4/h5-22H,23H2,1-4H3;5-10,17,20-22H,11-16,18H2,1-4H3;7-18H,19H2,1-6H3;12-18H,10-11,19H2,1-9H3;5-12H,13H2,1-4H3/q5*+1. The molecule has 0 radical (unpaired) electrons. The van der Waals surface area contributed by atoms with Crippen molar-refractivity contribution in [3.05, 3.63) is 402 Å². The highest BCUT2D eigenvalue weighted by molar-refractivity contribution is 5.87. The third kappa shape index (κ3) is 22.0. The quantitative estimate of drug-likeness (QED) is 0.0756. The summed E-state index contributed by atoms with van der Waals surface area (Å²) in [7, 11) is 0. The number of rotatable bonds is 15. The fraction of sp³-hybridized carbons (Fsp3) is 0.390. The van der Waals surface area contributed by atoms with E-state index in [2.05, 4.69) is 526 Å². The van der Waals surface area contributed by atoms with E-state index in [0.29, 0.717) is 39.1 Å². The molecule has 0 amide bonds.